The number of aromatic nitrogens is 2. The van der Waals surface area contributed by atoms with Gasteiger partial charge in [-0.3, -0.25) is 4.79 Å². The van der Waals surface area contributed by atoms with E-state index in [-0.39, 0.29) is 18.7 Å². The van der Waals surface area contributed by atoms with Gasteiger partial charge >= 0.3 is 12.1 Å². The van der Waals surface area contributed by atoms with Crippen LogP contribution in [-0.2, 0) is 17.6 Å². The molecule has 0 radical (unpaired) electrons. The van der Waals surface area contributed by atoms with Crippen molar-refractivity contribution >= 4 is 5.97 Å². The summed E-state index contributed by atoms with van der Waals surface area (Å²) < 4.78 is 40.9. The van der Waals surface area contributed by atoms with Crippen molar-refractivity contribution in [2.75, 3.05) is 0 Å². The zero-order valence-electron chi connectivity index (χ0n) is 9.91. The van der Waals surface area contributed by atoms with E-state index in [1.54, 1.807) is 13.8 Å². The third-order valence-electron chi connectivity index (χ3n) is 2.13. The van der Waals surface area contributed by atoms with Gasteiger partial charge in [-0.1, -0.05) is 19.0 Å². The summed E-state index contributed by atoms with van der Waals surface area (Å²) in [5.74, 6) is -1.42. The summed E-state index contributed by atoms with van der Waals surface area (Å²) in [6, 6.07) is 0. The molecule has 18 heavy (non-hydrogen) atoms. The SMILES string of the molecule is CC(C)(CC(=O)O)Cc1nc(CC(F)(F)F)no1. The first-order valence-electron chi connectivity index (χ1n) is 5.17. The molecule has 0 saturated carbocycles. The van der Waals surface area contributed by atoms with Gasteiger partial charge in [0.1, 0.15) is 6.42 Å². The van der Waals surface area contributed by atoms with E-state index in [1.807, 2.05) is 0 Å². The molecule has 1 N–H and O–H groups in total. The molecule has 0 unspecified atom stereocenters. The zero-order valence-corrected chi connectivity index (χ0v) is 9.91. The molecule has 0 atom stereocenters. The van der Waals surface area contributed by atoms with E-state index < -0.39 is 29.8 Å². The van der Waals surface area contributed by atoms with Crippen molar-refractivity contribution in [3.05, 3.63) is 11.7 Å². The Morgan fingerprint density at radius 1 is 1.33 bits per heavy atom. The fourth-order valence-corrected chi connectivity index (χ4v) is 1.49. The van der Waals surface area contributed by atoms with Crippen LogP contribution in [0.2, 0.25) is 0 Å². The fraction of sp³-hybridized carbons (Fsp3) is 0.700. The molecule has 1 heterocycles. The third-order valence-corrected chi connectivity index (χ3v) is 2.13. The number of aliphatic carboxylic acids is 1. The van der Waals surface area contributed by atoms with Gasteiger partial charge in [0.05, 0.1) is 6.42 Å². The van der Waals surface area contributed by atoms with E-state index in [0.29, 0.717) is 0 Å². The molecule has 0 aliphatic heterocycles. The maximum Gasteiger partial charge on any atom is 0.396 e. The average Bonchev–Trinajstić information content (AvgIpc) is 2.44. The van der Waals surface area contributed by atoms with Gasteiger partial charge in [-0.05, 0) is 5.41 Å². The number of hydrogen-bond donors (Lipinski definition) is 1. The first-order valence-corrected chi connectivity index (χ1v) is 5.17. The van der Waals surface area contributed by atoms with Gasteiger partial charge < -0.3 is 9.63 Å². The Morgan fingerprint density at radius 2 is 1.94 bits per heavy atom. The summed E-state index contributed by atoms with van der Waals surface area (Å²) in [5.41, 5.74) is -0.659. The minimum absolute atomic E-state index is 0.0144. The first kappa shape index (κ1) is 14.5. The molecule has 0 spiro atoms. The lowest BCUT2D eigenvalue weighted by Gasteiger charge is -2.19. The van der Waals surface area contributed by atoms with Crippen LogP contribution in [0.4, 0.5) is 13.2 Å². The van der Waals surface area contributed by atoms with Crippen molar-refractivity contribution in [1.82, 2.24) is 10.1 Å². The van der Waals surface area contributed by atoms with E-state index in [9.17, 15) is 18.0 Å². The number of alkyl halides is 3. The summed E-state index contributed by atoms with van der Waals surface area (Å²) in [4.78, 5) is 14.2. The molecule has 0 fully saturated rings. The molecule has 5 nitrogen and oxygen atoms in total. The Bertz CT molecular complexity index is 426. The van der Waals surface area contributed by atoms with Gasteiger partial charge in [0.2, 0.25) is 5.89 Å². The molecule has 1 aromatic heterocycles. The third kappa shape index (κ3) is 5.15. The van der Waals surface area contributed by atoms with Gasteiger partial charge in [0.15, 0.2) is 5.82 Å². The van der Waals surface area contributed by atoms with Crippen LogP contribution in [0.5, 0.6) is 0 Å². The highest BCUT2D eigenvalue weighted by Gasteiger charge is 2.31. The second-order valence-electron chi connectivity index (χ2n) is 4.81. The molecule has 0 aliphatic carbocycles. The van der Waals surface area contributed by atoms with E-state index >= 15 is 0 Å². The summed E-state index contributed by atoms with van der Waals surface area (Å²) in [5, 5.41) is 11.9. The highest BCUT2D eigenvalue weighted by atomic mass is 19.4. The lowest BCUT2D eigenvalue weighted by molar-refractivity contribution is -0.139. The number of nitrogens with zero attached hydrogens (tertiary/aromatic N) is 2. The zero-order chi connectivity index (χ0) is 14.0. The molecule has 1 aromatic rings. The summed E-state index contributed by atoms with van der Waals surface area (Å²) in [6.45, 7) is 3.32. The van der Waals surface area contributed by atoms with Gasteiger partial charge in [-0.15, -0.1) is 0 Å². The average molecular weight is 266 g/mol. The van der Waals surface area contributed by atoms with Crippen LogP contribution < -0.4 is 0 Å². The highest BCUT2D eigenvalue weighted by Crippen LogP contribution is 2.26. The maximum atomic E-state index is 12.1. The smallest absolute Gasteiger partial charge is 0.396 e. The normalized spacial score (nSPS) is 12.7. The lowest BCUT2D eigenvalue weighted by atomic mass is 9.86. The summed E-state index contributed by atoms with van der Waals surface area (Å²) in [7, 11) is 0. The Balaban J connectivity index is 2.66. The number of carboxylic acids is 1. The second kappa shape index (κ2) is 4.95. The Morgan fingerprint density at radius 3 is 2.44 bits per heavy atom. The monoisotopic (exact) mass is 266 g/mol. The van der Waals surface area contributed by atoms with Crippen LogP contribution in [0.3, 0.4) is 0 Å². The first-order chi connectivity index (χ1) is 8.07. The minimum Gasteiger partial charge on any atom is -0.481 e. The van der Waals surface area contributed by atoms with Gasteiger partial charge in [-0.2, -0.15) is 18.2 Å². The topological polar surface area (TPSA) is 76.2 Å². The van der Waals surface area contributed by atoms with Crippen molar-refractivity contribution in [3.8, 4) is 0 Å². The van der Waals surface area contributed by atoms with Crippen molar-refractivity contribution in [2.45, 2.75) is 39.3 Å². The molecule has 0 aliphatic rings. The minimum atomic E-state index is -4.39. The molecular weight excluding hydrogens is 253 g/mol. The quantitative estimate of drug-likeness (QED) is 0.884. The van der Waals surface area contributed by atoms with Crippen LogP contribution in [0.1, 0.15) is 32.0 Å². The number of rotatable bonds is 5. The van der Waals surface area contributed by atoms with Gasteiger partial charge in [0.25, 0.3) is 0 Å². The molecule has 0 bridgehead atoms. The summed E-state index contributed by atoms with van der Waals surface area (Å²) >= 11 is 0. The lowest BCUT2D eigenvalue weighted by Crippen LogP contribution is -2.20. The van der Waals surface area contributed by atoms with Crippen LogP contribution in [-0.4, -0.2) is 27.4 Å². The Hall–Kier alpha value is -1.60. The van der Waals surface area contributed by atoms with E-state index in [2.05, 4.69) is 14.7 Å². The van der Waals surface area contributed by atoms with E-state index in [0.717, 1.165) is 0 Å². The predicted molar refractivity (Wildman–Crippen MR) is 53.8 cm³/mol. The van der Waals surface area contributed by atoms with Crippen molar-refractivity contribution in [1.29, 1.82) is 0 Å². The van der Waals surface area contributed by atoms with Gasteiger partial charge in [0, 0.05) is 6.42 Å². The molecule has 0 saturated heterocycles. The standard InChI is InChI=1S/C10H13F3N2O3/c1-9(2,5-8(16)17)4-7-14-6(15-18-7)3-10(11,12)13/h3-5H2,1-2H3,(H,16,17). The number of halogens is 3. The van der Waals surface area contributed by atoms with E-state index in [1.165, 1.54) is 0 Å². The molecular formula is C10H13F3N2O3. The molecule has 0 amide bonds. The van der Waals surface area contributed by atoms with Crippen molar-refractivity contribution in [3.63, 3.8) is 0 Å². The Kier molecular flexibility index (Phi) is 3.98. The fourth-order valence-electron chi connectivity index (χ4n) is 1.49. The number of carbonyl (C=O) groups is 1. The van der Waals surface area contributed by atoms with Crippen LogP contribution in [0, 0.1) is 5.41 Å². The second-order valence-corrected chi connectivity index (χ2v) is 4.81. The predicted octanol–water partition coefficient (Wildman–Crippen LogP) is 2.22. The number of hydrogen-bond acceptors (Lipinski definition) is 4. The molecule has 1 rings (SSSR count). The molecule has 0 aromatic carbocycles. The van der Waals surface area contributed by atoms with E-state index in [4.69, 9.17) is 5.11 Å². The van der Waals surface area contributed by atoms with Crippen molar-refractivity contribution in [2.24, 2.45) is 5.41 Å². The van der Waals surface area contributed by atoms with Crippen LogP contribution >= 0.6 is 0 Å². The molecule has 8 heteroatoms. The highest BCUT2D eigenvalue weighted by molar-refractivity contribution is 5.67. The van der Waals surface area contributed by atoms with Crippen LogP contribution in [0.15, 0.2) is 4.52 Å². The van der Waals surface area contributed by atoms with Gasteiger partial charge in [-0.25, -0.2) is 0 Å². The maximum absolute atomic E-state index is 12.1. The number of carboxylic acid groups (broad SMARTS) is 1. The Labute approximate surface area is 101 Å². The van der Waals surface area contributed by atoms with Crippen molar-refractivity contribution < 1.29 is 27.6 Å². The summed E-state index contributed by atoms with van der Waals surface area (Å²) in [6.07, 6.45) is -5.66. The largest absolute Gasteiger partial charge is 0.481 e. The van der Waals surface area contributed by atoms with Crippen LogP contribution in [0.25, 0.3) is 0 Å². The molecule has 102 valence electrons.